The van der Waals surface area contributed by atoms with Gasteiger partial charge in [0, 0.05) is 17.8 Å². The molecule has 0 bridgehead atoms. The number of amides is 1. The summed E-state index contributed by atoms with van der Waals surface area (Å²) in [6.45, 7) is 1.77. The van der Waals surface area contributed by atoms with Crippen molar-refractivity contribution in [1.29, 1.82) is 0 Å². The Morgan fingerprint density at radius 1 is 1.69 bits per heavy atom. The predicted octanol–water partition coefficient (Wildman–Crippen LogP) is 0.107. The molecule has 13 heavy (non-hydrogen) atoms. The Kier molecular flexibility index (Phi) is 2.57. The van der Waals surface area contributed by atoms with Crippen LogP contribution >= 0.6 is 10.7 Å². The van der Waals surface area contributed by atoms with Crippen LogP contribution in [0.2, 0.25) is 0 Å². The van der Waals surface area contributed by atoms with E-state index in [4.69, 9.17) is 15.4 Å². The van der Waals surface area contributed by atoms with E-state index in [1.807, 2.05) is 0 Å². The third-order valence-corrected chi connectivity index (χ3v) is 3.42. The van der Waals surface area contributed by atoms with Crippen molar-refractivity contribution >= 4 is 25.8 Å². The predicted molar refractivity (Wildman–Crippen MR) is 46.5 cm³/mol. The maximum atomic E-state index is 11.0. The molecule has 0 aromatic rings. The van der Waals surface area contributed by atoms with E-state index >= 15 is 0 Å². The first-order valence-corrected chi connectivity index (χ1v) is 5.85. The average molecular weight is 228 g/mol. The van der Waals surface area contributed by atoms with Gasteiger partial charge >= 0.3 is 9.24 Å². The van der Waals surface area contributed by atoms with Gasteiger partial charge in [-0.1, -0.05) is 0 Å². The fourth-order valence-electron chi connectivity index (χ4n) is 1.48. The van der Waals surface area contributed by atoms with Gasteiger partial charge in [0.1, 0.15) is 0 Å². The fourth-order valence-corrected chi connectivity index (χ4v) is 3.17. The largest absolute Gasteiger partial charge is 0.382 e. The molecule has 1 heterocycles. The summed E-state index contributed by atoms with van der Waals surface area (Å²) >= 11 is 0. The van der Waals surface area contributed by atoms with E-state index in [1.54, 1.807) is 6.92 Å². The Bertz CT molecular complexity index is 328. The first-order chi connectivity index (χ1) is 5.81. The van der Waals surface area contributed by atoms with Crippen molar-refractivity contribution in [3.8, 4) is 0 Å². The van der Waals surface area contributed by atoms with Crippen molar-refractivity contribution in [3.05, 3.63) is 0 Å². The fraction of sp³-hybridized carbons (Fsp3) is 0.833. The highest BCUT2D eigenvalue weighted by atomic mass is 35.7. The Morgan fingerprint density at radius 3 is 2.54 bits per heavy atom. The lowest BCUT2D eigenvalue weighted by Gasteiger charge is -2.46. The highest BCUT2D eigenvalue weighted by Crippen LogP contribution is 2.35. The molecule has 1 atom stereocenters. The summed E-state index contributed by atoms with van der Waals surface area (Å²) in [6.07, 6.45) is 0.146. The van der Waals surface area contributed by atoms with E-state index in [0.29, 0.717) is 4.31 Å². The molecule has 0 saturated carbocycles. The molecule has 0 spiro atoms. The summed E-state index contributed by atoms with van der Waals surface area (Å²) in [4.78, 5) is 11.0. The Hall–Kier alpha value is -0.330. The second kappa shape index (κ2) is 3.11. The minimum Gasteiger partial charge on any atom is -0.382 e. The highest BCUT2D eigenvalue weighted by molar-refractivity contribution is 8.12. The number of nitrogens with zero attached hydrogens (tertiary/aromatic N) is 1. The maximum absolute atomic E-state index is 11.0. The van der Waals surface area contributed by atoms with Gasteiger partial charge in [0.05, 0.1) is 18.6 Å². The quantitative estimate of drug-likeness (QED) is 0.507. The normalized spacial score (nSPS) is 28.8. The molecule has 1 saturated heterocycles. The monoisotopic (exact) mass is 227 g/mol. The van der Waals surface area contributed by atoms with E-state index in [-0.39, 0.29) is 13.0 Å². The van der Waals surface area contributed by atoms with Gasteiger partial charge in [-0.3, -0.25) is 4.79 Å². The van der Waals surface area contributed by atoms with E-state index < -0.39 is 20.7 Å². The van der Waals surface area contributed by atoms with Crippen LogP contribution in [-0.4, -0.2) is 37.9 Å². The van der Waals surface area contributed by atoms with Crippen molar-refractivity contribution in [1.82, 2.24) is 4.31 Å². The summed E-state index contributed by atoms with van der Waals surface area (Å²) in [6, 6.07) is 0. The van der Waals surface area contributed by atoms with Gasteiger partial charge in [-0.05, 0) is 6.92 Å². The first kappa shape index (κ1) is 10.7. The van der Waals surface area contributed by atoms with Crippen molar-refractivity contribution in [3.63, 3.8) is 0 Å². The van der Waals surface area contributed by atoms with Crippen molar-refractivity contribution < 1.29 is 17.9 Å². The number of ether oxygens (including phenoxy) is 1. The molecular formula is C6H10ClNO4S. The van der Waals surface area contributed by atoms with Crippen LogP contribution in [-0.2, 0) is 18.8 Å². The van der Waals surface area contributed by atoms with Crippen molar-refractivity contribution in [2.24, 2.45) is 0 Å². The lowest BCUT2D eigenvalue weighted by molar-refractivity contribution is -0.147. The number of rotatable bonds is 3. The molecule has 0 N–H and O–H groups in total. The topological polar surface area (TPSA) is 63.7 Å². The number of β-lactam (4-membered cyclic amide) rings is 1. The number of carbonyl (C=O) groups is 1. The number of hydrogen-bond acceptors (Lipinski definition) is 4. The zero-order chi connectivity index (χ0) is 10.3. The standard InChI is InChI=1S/C6H10ClNO4S/c1-6(4-12-2)3-5(9)8(6)13(7,10)11/h3-4H2,1-2H3. The maximum Gasteiger partial charge on any atom is 0.324 e. The number of halogens is 1. The summed E-state index contributed by atoms with van der Waals surface area (Å²) < 4.78 is 27.3. The molecule has 7 heteroatoms. The van der Waals surface area contributed by atoms with Crippen molar-refractivity contribution in [2.75, 3.05) is 13.7 Å². The van der Waals surface area contributed by atoms with Gasteiger partial charge < -0.3 is 4.74 Å². The minimum atomic E-state index is -3.97. The molecule has 1 amide bonds. The van der Waals surface area contributed by atoms with Crippen LogP contribution < -0.4 is 0 Å². The lowest BCUT2D eigenvalue weighted by Crippen LogP contribution is -2.64. The molecule has 0 aromatic carbocycles. The molecule has 1 fully saturated rings. The van der Waals surface area contributed by atoms with Gasteiger partial charge in [0.2, 0.25) is 5.91 Å². The summed E-state index contributed by atoms with van der Waals surface area (Å²) in [7, 11) is 2.54. The summed E-state index contributed by atoms with van der Waals surface area (Å²) in [5.41, 5.74) is -0.813. The van der Waals surface area contributed by atoms with Gasteiger partial charge in [-0.2, -0.15) is 8.42 Å². The van der Waals surface area contributed by atoms with E-state index in [1.165, 1.54) is 7.11 Å². The molecule has 0 aliphatic carbocycles. The second-order valence-electron chi connectivity index (χ2n) is 3.21. The van der Waals surface area contributed by atoms with Crippen molar-refractivity contribution in [2.45, 2.75) is 18.9 Å². The Balaban J connectivity index is 2.89. The van der Waals surface area contributed by atoms with Gasteiger partial charge in [-0.15, -0.1) is 0 Å². The molecule has 1 aliphatic rings. The Morgan fingerprint density at radius 2 is 2.23 bits per heavy atom. The second-order valence-corrected chi connectivity index (χ2v) is 5.57. The zero-order valence-electron chi connectivity index (χ0n) is 7.28. The molecule has 1 rings (SSSR count). The van der Waals surface area contributed by atoms with E-state index in [2.05, 4.69) is 0 Å². The third-order valence-electron chi connectivity index (χ3n) is 1.92. The number of carbonyl (C=O) groups excluding carboxylic acids is 1. The number of hydrogen-bond donors (Lipinski definition) is 0. The van der Waals surface area contributed by atoms with Gasteiger partial charge in [-0.25, -0.2) is 4.31 Å². The van der Waals surface area contributed by atoms with Crippen LogP contribution in [0.1, 0.15) is 13.3 Å². The van der Waals surface area contributed by atoms with Crippen LogP contribution in [0.3, 0.4) is 0 Å². The van der Waals surface area contributed by atoms with Crippen LogP contribution in [0.5, 0.6) is 0 Å². The Labute approximate surface area is 81.2 Å². The third kappa shape index (κ3) is 1.79. The highest BCUT2D eigenvalue weighted by Gasteiger charge is 2.53. The minimum absolute atomic E-state index is 0.146. The van der Waals surface area contributed by atoms with Gasteiger partial charge in [0.25, 0.3) is 0 Å². The number of methoxy groups -OCH3 is 1. The molecule has 1 unspecified atom stereocenters. The molecule has 1 aliphatic heterocycles. The zero-order valence-corrected chi connectivity index (χ0v) is 8.85. The SMILES string of the molecule is COCC1(C)CC(=O)N1S(=O)(=O)Cl. The molecule has 0 radical (unpaired) electrons. The van der Waals surface area contributed by atoms with Crippen LogP contribution in [0, 0.1) is 0 Å². The van der Waals surface area contributed by atoms with Crippen LogP contribution in [0.4, 0.5) is 0 Å². The van der Waals surface area contributed by atoms with Crippen LogP contribution in [0.25, 0.3) is 0 Å². The lowest BCUT2D eigenvalue weighted by atomic mass is 9.90. The van der Waals surface area contributed by atoms with E-state index in [9.17, 15) is 13.2 Å². The molecule has 76 valence electrons. The smallest absolute Gasteiger partial charge is 0.324 e. The summed E-state index contributed by atoms with van der Waals surface area (Å²) in [5, 5.41) is 0. The van der Waals surface area contributed by atoms with Crippen LogP contribution in [0.15, 0.2) is 0 Å². The van der Waals surface area contributed by atoms with Gasteiger partial charge in [0.15, 0.2) is 0 Å². The summed E-state index contributed by atoms with van der Waals surface area (Å²) in [5.74, 6) is -0.491. The van der Waals surface area contributed by atoms with E-state index in [0.717, 1.165) is 0 Å². The average Bonchev–Trinajstić information content (AvgIpc) is 1.81. The molecular weight excluding hydrogens is 218 g/mol. The first-order valence-electron chi connectivity index (χ1n) is 3.58. The molecule has 0 aromatic heterocycles. The molecule has 5 nitrogen and oxygen atoms in total.